The number of anilines is 1. The fraction of sp³-hybridized carbons (Fsp3) is 0.333. The molecule has 3 N–H and O–H groups in total. The van der Waals surface area contributed by atoms with E-state index in [1.165, 1.54) is 0 Å². The van der Waals surface area contributed by atoms with E-state index in [4.69, 9.17) is 5.73 Å². The summed E-state index contributed by atoms with van der Waals surface area (Å²) in [7, 11) is -3.24. The van der Waals surface area contributed by atoms with Crippen LogP contribution in [0.25, 0.3) is 0 Å². The highest BCUT2D eigenvalue weighted by atomic mass is 32.2. The van der Waals surface area contributed by atoms with E-state index in [-0.39, 0.29) is 5.75 Å². The van der Waals surface area contributed by atoms with Crippen LogP contribution in [0.5, 0.6) is 0 Å². The number of sulfonamides is 1. The molecule has 5 heteroatoms. The quantitative estimate of drug-likeness (QED) is 0.725. The minimum Gasteiger partial charge on any atom is -0.398 e. The van der Waals surface area contributed by atoms with Crippen molar-refractivity contribution in [1.29, 1.82) is 0 Å². The molecule has 1 aromatic carbocycles. The first-order valence-corrected chi connectivity index (χ1v) is 6.01. The Bertz CT molecular complexity index is 401. The van der Waals surface area contributed by atoms with Crippen molar-refractivity contribution in [3.8, 4) is 0 Å². The SMILES string of the molecule is CCNS(=O)(=O)Cc1ccccc1N. The number of benzene rings is 1. The maximum atomic E-state index is 11.4. The third-order valence-electron chi connectivity index (χ3n) is 1.76. The van der Waals surface area contributed by atoms with E-state index >= 15 is 0 Å². The van der Waals surface area contributed by atoms with Crippen LogP contribution in [0.4, 0.5) is 5.69 Å². The van der Waals surface area contributed by atoms with Gasteiger partial charge in [0.05, 0.1) is 5.75 Å². The largest absolute Gasteiger partial charge is 0.398 e. The van der Waals surface area contributed by atoms with Gasteiger partial charge in [-0.05, 0) is 11.6 Å². The second kappa shape index (κ2) is 4.43. The summed E-state index contributed by atoms with van der Waals surface area (Å²) in [5.41, 5.74) is 6.77. The summed E-state index contributed by atoms with van der Waals surface area (Å²) >= 11 is 0. The Labute approximate surface area is 84.2 Å². The molecule has 0 heterocycles. The maximum absolute atomic E-state index is 11.4. The van der Waals surface area contributed by atoms with Gasteiger partial charge in [-0.1, -0.05) is 25.1 Å². The normalized spacial score (nSPS) is 11.5. The minimum atomic E-state index is -3.24. The summed E-state index contributed by atoms with van der Waals surface area (Å²) in [4.78, 5) is 0. The molecule has 0 atom stereocenters. The lowest BCUT2D eigenvalue weighted by Gasteiger charge is -2.06. The van der Waals surface area contributed by atoms with E-state index in [0.29, 0.717) is 17.8 Å². The molecule has 0 bridgehead atoms. The Morgan fingerprint density at radius 3 is 2.57 bits per heavy atom. The van der Waals surface area contributed by atoms with Crippen LogP contribution in [0.1, 0.15) is 12.5 Å². The smallest absolute Gasteiger partial charge is 0.215 e. The predicted octanol–water partition coefficient (Wildman–Crippen LogP) is 0.708. The maximum Gasteiger partial charge on any atom is 0.215 e. The van der Waals surface area contributed by atoms with Crippen LogP contribution in [0.3, 0.4) is 0 Å². The second-order valence-electron chi connectivity index (χ2n) is 2.96. The highest BCUT2D eigenvalue weighted by Gasteiger charge is 2.11. The third-order valence-corrected chi connectivity index (χ3v) is 3.18. The second-order valence-corrected chi connectivity index (χ2v) is 4.76. The molecule has 4 nitrogen and oxygen atoms in total. The predicted molar refractivity (Wildman–Crippen MR) is 57.2 cm³/mol. The van der Waals surface area contributed by atoms with Gasteiger partial charge in [-0.25, -0.2) is 13.1 Å². The summed E-state index contributed by atoms with van der Waals surface area (Å²) in [6.07, 6.45) is 0. The van der Waals surface area contributed by atoms with E-state index in [1.54, 1.807) is 31.2 Å². The standard InChI is InChI=1S/C9H14N2O2S/c1-2-11-14(12,13)7-8-5-3-4-6-9(8)10/h3-6,11H,2,7,10H2,1H3. The van der Waals surface area contributed by atoms with Crippen LogP contribution >= 0.6 is 0 Å². The molecule has 1 aromatic rings. The lowest BCUT2D eigenvalue weighted by atomic mass is 10.2. The van der Waals surface area contributed by atoms with Crippen molar-refractivity contribution in [1.82, 2.24) is 4.72 Å². The van der Waals surface area contributed by atoms with Crippen molar-refractivity contribution in [2.75, 3.05) is 12.3 Å². The average molecular weight is 214 g/mol. The molecule has 0 saturated heterocycles. The van der Waals surface area contributed by atoms with Gasteiger partial charge < -0.3 is 5.73 Å². The Hall–Kier alpha value is -1.07. The molecule has 0 radical (unpaired) electrons. The van der Waals surface area contributed by atoms with Crippen LogP contribution in [-0.2, 0) is 15.8 Å². The first-order valence-electron chi connectivity index (χ1n) is 4.36. The summed E-state index contributed by atoms with van der Waals surface area (Å²) in [5.74, 6) is -0.0620. The Morgan fingerprint density at radius 2 is 2.00 bits per heavy atom. The molecule has 0 fully saturated rings. The van der Waals surface area contributed by atoms with Crippen LogP contribution in [0, 0.1) is 0 Å². The Balaban J connectivity index is 2.84. The number of hydrogen-bond donors (Lipinski definition) is 2. The zero-order valence-electron chi connectivity index (χ0n) is 8.03. The molecule has 0 spiro atoms. The van der Waals surface area contributed by atoms with Crippen molar-refractivity contribution in [3.05, 3.63) is 29.8 Å². The van der Waals surface area contributed by atoms with Crippen LogP contribution in [0.2, 0.25) is 0 Å². The monoisotopic (exact) mass is 214 g/mol. The van der Waals surface area contributed by atoms with Crippen molar-refractivity contribution in [2.45, 2.75) is 12.7 Å². The summed E-state index contributed by atoms with van der Waals surface area (Å²) in [5, 5.41) is 0. The molecule has 78 valence electrons. The van der Waals surface area contributed by atoms with E-state index < -0.39 is 10.0 Å². The Kier molecular flexibility index (Phi) is 3.49. The molecular formula is C9H14N2O2S. The van der Waals surface area contributed by atoms with Gasteiger partial charge in [0.15, 0.2) is 0 Å². The molecule has 1 rings (SSSR count). The average Bonchev–Trinajstić information content (AvgIpc) is 2.08. The summed E-state index contributed by atoms with van der Waals surface area (Å²) in [6, 6.07) is 6.95. The zero-order valence-corrected chi connectivity index (χ0v) is 8.84. The first-order chi connectivity index (χ1) is 6.55. The molecule has 0 unspecified atom stereocenters. The minimum absolute atomic E-state index is 0.0620. The summed E-state index contributed by atoms with van der Waals surface area (Å²) in [6.45, 7) is 2.14. The van der Waals surface area contributed by atoms with Gasteiger partial charge in [-0.2, -0.15) is 0 Å². The lowest BCUT2D eigenvalue weighted by Crippen LogP contribution is -2.24. The molecule has 0 aliphatic heterocycles. The van der Waals surface area contributed by atoms with Crippen molar-refractivity contribution in [2.24, 2.45) is 0 Å². The Morgan fingerprint density at radius 1 is 1.36 bits per heavy atom. The van der Waals surface area contributed by atoms with Gasteiger partial charge in [0.2, 0.25) is 10.0 Å². The fourth-order valence-electron chi connectivity index (χ4n) is 1.14. The number of para-hydroxylation sites is 1. The molecule has 14 heavy (non-hydrogen) atoms. The van der Waals surface area contributed by atoms with Gasteiger partial charge in [0, 0.05) is 12.2 Å². The van der Waals surface area contributed by atoms with Crippen LogP contribution < -0.4 is 10.5 Å². The lowest BCUT2D eigenvalue weighted by molar-refractivity contribution is 0.583. The molecule has 0 saturated carbocycles. The summed E-state index contributed by atoms with van der Waals surface area (Å²) < 4.78 is 25.2. The zero-order chi connectivity index (χ0) is 10.6. The first kappa shape index (κ1) is 11.0. The number of hydrogen-bond acceptors (Lipinski definition) is 3. The highest BCUT2D eigenvalue weighted by molar-refractivity contribution is 7.88. The van der Waals surface area contributed by atoms with Crippen molar-refractivity contribution >= 4 is 15.7 Å². The van der Waals surface area contributed by atoms with Crippen molar-refractivity contribution in [3.63, 3.8) is 0 Å². The van der Waals surface area contributed by atoms with E-state index in [1.807, 2.05) is 0 Å². The number of nitrogens with one attached hydrogen (secondary N) is 1. The topological polar surface area (TPSA) is 72.2 Å². The van der Waals surface area contributed by atoms with Gasteiger partial charge in [0.25, 0.3) is 0 Å². The fourth-order valence-corrected chi connectivity index (χ4v) is 2.36. The van der Waals surface area contributed by atoms with Gasteiger partial charge in [-0.15, -0.1) is 0 Å². The van der Waals surface area contributed by atoms with E-state index in [9.17, 15) is 8.42 Å². The van der Waals surface area contributed by atoms with Crippen LogP contribution in [0.15, 0.2) is 24.3 Å². The molecule has 0 aliphatic carbocycles. The molecule has 0 amide bonds. The van der Waals surface area contributed by atoms with E-state index in [0.717, 1.165) is 0 Å². The van der Waals surface area contributed by atoms with Gasteiger partial charge in [-0.3, -0.25) is 0 Å². The molecule has 0 aromatic heterocycles. The molecule has 0 aliphatic rings. The number of nitrogens with two attached hydrogens (primary N) is 1. The third kappa shape index (κ3) is 3.01. The van der Waals surface area contributed by atoms with Gasteiger partial charge >= 0.3 is 0 Å². The molecular weight excluding hydrogens is 200 g/mol. The number of rotatable bonds is 4. The van der Waals surface area contributed by atoms with Crippen LogP contribution in [-0.4, -0.2) is 15.0 Å². The van der Waals surface area contributed by atoms with Gasteiger partial charge in [0.1, 0.15) is 0 Å². The number of nitrogen functional groups attached to an aromatic ring is 1. The van der Waals surface area contributed by atoms with E-state index in [2.05, 4.69) is 4.72 Å². The van der Waals surface area contributed by atoms with Crippen molar-refractivity contribution < 1.29 is 8.42 Å². The highest BCUT2D eigenvalue weighted by Crippen LogP contribution is 2.13.